The number of halogens is 1. The molecule has 1 aliphatic heterocycles. The summed E-state index contributed by atoms with van der Waals surface area (Å²) >= 11 is 0. The maximum atomic E-state index is 12.7. The highest BCUT2D eigenvalue weighted by atomic mass is 35.5. The lowest BCUT2D eigenvalue weighted by atomic mass is 10.1. The average Bonchev–Trinajstić information content (AvgIpc) is 2.99. The Morgan fingerprint density at radius 2 is 1.88 bits per heavy atom. The fourth-order valence-corrected chi connectivity index (χ4v) is 4.32. The van der Waals surface area contributed by atoms with E-state index in [4.69, 9.17) is 0 Å². The van der Waals surface area contributed by atoms with Gasteiger partial charge in [0, 0.05) is 36.0 Å². The largest absolute Gasteiger partial charge is 0.326 e. The summed E-state index contributed by atoms with van der Waals surface area (Å²) in [5.74, 6) is -0.194. The molecule has 3 N–H and O–H groups in total. The summed E-state index contributed by atoms with van der Waals surface area (Å²) in [5, 5.41) is 7.17. The minimum atomic E-state index is -3.62. The smallest absolute Gasteiger partial charge is 0.241 e. The first-order valence-electron chi connectivity index (χ1n) is 7.50. The van der Waals surface area contributed by atoms with Crippen molar-refractivity contribution in [3.63, 3.8) is 0 Å². The molecular weight excluding hydrogens is 350 g/mol. The number of nitrogens with one attached hydrogen (secondary N) is 3. The molecule has 1 fully saturated rings. The first kappa shape index (κ1) is 18.7. The lowest BCUT2D eigenvalue weighted by Crippen LogP contribution is -2.36. The maximum Gasteiger partial charge on any atom is 0.241 e. The van der Waals surface area contributed by atoms with Gasteiger partial charge in [0.05, 0.1) is 4.90 Å². The molecule has 1 unspecified atom stereocenters. The van der Waals surface area contributed by atoms with E-state index < -0.39 is 10.0 Å². The summed E-state index contributed by atoms with van der Waals surface area (Å²) in [5.41, 5.74) is 0.606. The lowest BCUT2D eigenvalue weighted by molar-refractivity contribution is -0.114. The van der Waals surface area contributed by atoms with Crippen LogP contribution < -0.4 is 15.4 Å². The molecule has 8 heteroatoms. The Morgan fingerprint density at radius 3 is 2.50 bits per heavy atom. The number of carbonyl (C=O) groups is 1. The number of anilines is 1. The Balaban J connectivity index is 0.00000208. The van der Waals surface area contributed by atoms with E-state index in [1.165, 1.54) is 13.0 Å². The summed E-state index contributed by atoms with van der Waals surface area (Å²) in [6, 6.07) is 10.2. The Kier molecular flexibility index (Phi) is 5.82. The van der Waals surface area contributed by atoms with Crippen LogP contribution in [-0.2, 0) is 14.8 Å². The highest BCUT2D eigenvalue weighted by Gasteiger charge is 2.24. The monoisotopic (exact) mass is 369 g/mol. The predicted molar refractivity (Wildman–Crippen MR) is 97.1 cm³/mol. The molecular formula is C16H20ClN3O3S. The fourth-order valence-electron chi connectivity index (χ4n) is 2.84. The van der Waals surface area contributed by atoms with Gasteiger partial charge in [-0.3, -0.25) is 4.79 Å². The van der Waals surface area contributed by atoms with Crippen molar-refractivity contribution in [2.45, 2.75) is 24.3 Å². The molecule has 6 nitrogen and oxygen atoms in total. The van der Waals surface area contributed by atoms with E-state index in [1.54, 1.807) is 24.3 Å². The van der Waals surface area contributed by atoms with Crippen molar-refractivity contribution in [3.8, 4) is 0 Å². The third-order valence-corrected chi connectivity index (χ3v) is 5.45. The van der Waals surface area contributed by atoms with Gasteiger partial charge in [-0.05, 0) is 25.1 Å². The van der Waals surface area contributed by atoms with Crippen LogP contribution in [0.1, 0.15) is 13.3 Å². The summed E-state index contributed by atoms with van der Waals surface area (Å²) in [4.78, 5) is 11.6. The molecule has 130 valence electrons. The van der Waals surface area contributed by atoms with Gasteiger partial charge in [-0.1, -0.05) is 24.3 Å². The molecule has 1 saturated heterocycles. The van der Waals surface area contributed by atoms with Crippen LogP contribution in [0.4, 0.5) is 5.69 Å². The quantitative estimate of drug-likeness (QED) is 0.767. The molecule has 2 aromatic carbocycles. The highest BCUT2D eigenvalue weighted by Crippen LogP contribution is 2.29. The molecule has 0 bridgehead atoms. The van der Waals surface area contributed by atoms with Crippen LogP contribution in [0.5, 0.6) is 0 Å². The zero-order chi connectivity index (χ0) is 16.4. The molecule has 3 rings (SSSR count). The standard InChI is InChI=1S/C16H19N3O3S.ClH/c1-11(20)18-15-6-7-16(14-5-3-2-4-13(14)15)23(21,22)19-12-8-9-17-10-12;/h2-7,12,17,19H,8-10H2,1H3,(H,18,20);1H. The Bertz CT molecular complexity index is 849. The molecule has 0 aromatic heterocycles. The van der Waals surface area contributed by atoms with Gasteiger partial charge in [0.1, 0.15) is 0 Å². The minimum absolute atomic E-state index is 0. The molecule has 1 amide bonds. The van der Waals surface area contributed by atoms with Gasteiger partial charge in [0.25, 0.3) is 0 Å². The predicted octanol–water partition coefficient (Wildman–Crippen LogP) is 1.86. The van der Waals surface area contributed by atoms with E-state index in [-0.39, 0.29) is 29.3 Å². The summed E-state index contributed by atoms with van der Waals surface area (Å²) in [7, 11) is -3.62. The number of fused-ring (bicyclic) bond motifs is 1. The number of carbonyl (C=O) groups excluding carboxylic acids is 1. The second-order valence-electron chi connectivity index (χ2n) is 5.65. The normalized spacial score (nSPS) is 17.5. The Morgan fingerprint density at radius 1 is 1.17 bits per heavy atom. The molecule has 1 atom stereocenters. The zero-order valence-corrected chi connectivity index (χ0v) is 14.8. The maximum absolute atomic E-state index is 12.7. The first-order valence-corrected chi connectivity index (χ1v) is 8.98. The van der Waals surface area contributed by atoms with Gasteiger partial charge in [0.2, 0.25) is 15.9 Å². The average molecular weight is 370 g/mol. The number of hydrogen-bond acceptors (Lipinski definition) is 4. The van der Waals surface area contributed by atoms with Crippen molar-refractivity contribution >= 4 is 44.8 Å². The third kappa shape index (κ3) is 3.87. The van der Waals surface area contributed by atoms with Crippen molar-refractivity contribution in [3.05, 3.63) is 36.4 Å². The van der Waals surface area contributed by atoms with Crippen LogP contribution in [0.15, 0.2) is 41.3 Å². The minimum Gasteiger partial charge on any atom is -0.326 e. The molecule has 2 aromatic rings. The molecule has 1 aliphatic rings. The van der Waals surface area contributed by atoms with Crippen LogP contribution in [0.3, 0.4) is 0 Å². The van der Waals surface area contributed by atoms with Gasteiger partial charge < -0.3 is 10.6 Å². The summed E-state index contributed by atoms with van der Waals surface area (Å²) in [6.45, 7) is 2.88. The van der Waals surface area contributed by atoms with Gasteiger partial charge in [-0.25, -0.2) is 13.1 Å². The lowest BCUT2D eigenvalue weighted by Gasteiger charge is -2.15. The molecule has 24 heavy (non-hydrogen) atoms. The van der Waals surface area contributed by atoms with Crippen molar-refractivity contribution < 1.29 is 13.2 Å². The van der Waals surface area contributed by atoms with Gasteiger partial charge >= 0.3 is 0 Å². The number of benzene rings is 2. The number of sulfonamides is 1. The summed E-state index contributed by atoms with van der Waals surface area (Å²) in [6.07, 6.45) is 0.779. The van der Waals surface area contributed by atoms with Gasteiger partial charge in [-0.2, -0.15) is 0 Å². The first-order chi connectivity index (χ1) is 11.0. The second kappa shape index (κ2) is 7.48. The highest BCUT2D eigenvalue weighted by molar-refractivity contribution is 7.89. The van der Waals surface area contributed by atoms with Crippen LogP contribution >= 0.6 is 12.4 Å². The van der Waals surface area contributed by atoms with E-state index in [0.717, 1.165) is 13.0 Å². The van der Waals surface area contributed by atoms with Crippen LogP contribution in [0.2, 0.25) is 0 Å². The second-order valence-corrected chi connectivity index (χ2v) is 7.33. The topological polar surface area (TPSA) is 87.3 Å². The fraction of sp³-hybridized carbons (Fsp3) is 0.312. The van der Waals surface area contributed by atoms with E-state index in [2.05, 4.69) is 15.4 Å². The van der Waals surface area contributed by atoms with E-state index in [0.29, 0.717) is 23.0 Å². The summed E-state index contributed by atoms with van der Waals surface area (Å²) < 4.78 is 28.2. The molecule has 0 aliphatic carbocycles. The van der Waals surface area contributed by atoms with Crippen molar-refractivity contribution in [1.82, 2.24) is 10.0 Å². The van der Waals surface area contributed by atoms with Crippen LogP contribution in [0.25, 0.3) is 10.8 Å². The Labute approximate surface area is 147 Å². The Hall–Kier alpha value is -1.67. The third-order valence-electron chi connectivity index (χ3n) is 3.87. The van der Waals surface area contributed by atoms with Gasteiger partial charge in [-0.15, -0.1) is 12.4 Å². The SMILES string of the molecule is CC(=O)Nc1ccc(S(=O)(=O)NC2CCNC2)c2ccccc12.Cl. The number of hydrogen-bond donors (Lipinski definition) is 3. The van der Waals surface area contributed by atoms with Crippen molar-refractivity contribution in [1.29, 1.82) is 0 Å². The molecule has 0 spiro atoms. The van der Waals surface area contributed by atoms with Crippen molar-refractivity contribution in [2.75, 3.05) is 18.4 Å². The van der Waals surface area contributed by atoms with E-state index in [9.17, 15) is 13.2 Å². The van der Waals surface area contributed by atoms with Gasteiger partial charge in [0.15, 0.2) is 0 Å². The van der Waals surface area contributed by atoms with Crippen molar-refractivity contribution in [2.24, 2.45) is 0 Å². The van der Waals surface area contributed by atoms with Crippen LogP contribution in [-0.4, -0.2) is 33.5 Å². The molecule has 0 radical (unpaired) electrons. The zero-order valence-electron chi connectivity index (χ0n) is 13.2. The van der Waals surface area contributed by atoms with Crippen LogP contribution in [0, 0.1) is 0 Å². The number of rotatable bonds is 4. The van der Waals surface area contributed by atoms with E-state index >= 15 is 0 Å². The molecule has 0 saturated carbocycles. The van der Waals surface area contributed by atoms with E-state index in [1.807, 2.05) is 6.07 Å². The molecule has 1 heterocycles. The number of amides is 1.